The topological polar surface area (TPSA) is 102 Å². The zero-order valence-electron chi connectivity index (χ0n) is 12.4. The predicted octanol–water partition coefficient (Wildman–Crippen LogP) is 2.56. The molecule has 0 unspecified atom stereocenters. The molecule has 0 saturated carbocycles. The summed E-state index contributed by atoms with van der Waals surface area (Å²) in [6.07, 6.45) is 1.92. The Morgan fingerprint density at radius 2 is 1.43 bits per heavy atom. The lowest BCUT2D eigenvalue weighted by Gasteiger charge is -2.00. The molecular formula is C15H22N2O4. The van der Waals surface area contributed by atoms with E-state index in [9.17, 15) is 9.59 Å². The van der Waals surface area contributed by atoms with E-state index in [0.717, 1.165) is 5.56 Å². The lowest BCUT2D eigenvalue weighted by molar-refractivity contribution is -0.259. The van der Waals surface area contributed by atoms with Gasteiger partial charge >= 0.3 is 11.9 Å². The van der Waals surface area contributed by atoms with Gasteiger partial charge < -0.3 is 5.73 Å². The fourth-order valence-electron chi connectivity index (χ4n) is 1.20. The number of rotatable bonds is 5. The molecule has 0 aromatic heterocycles. The Kier molecular flexibility index (Phi) is 10.2. The summed E-state index contributed by atoms with van der Waals surface area (Å²) in [4.78, 5) is 29.7. The molecule has 0 saturated heterocycles. The maximum absolute atomic E-state index is 10.7. The summed E-state index contributed by atoms with van der Waals surface area (Å²) in [5.74, 6) is -0.875. The van der Waals surface area contributed by atoms with Gasteiger partial charge in [0.15, 0.2) is 0 Å². The molecule has 6 heteroatoms. The first-order valence-corrected chi connectivity index (χ1v) is 6.80. The number of carbonyl (C=O) groups is 2. The van der Waals surface area contributed by atoms with Crippen LogP contribution in [0.2, 0.25) is 0 Å². The molecule has 0 bridgehead atoms. The SMILES string of the molecule is CCCC(=O)OOC(=O)CCC.N=C(N)c1ccccc1. The van der Waals surface area contributed by atoms with E-state index in [0.29, 0.717) is 12.8 Å². The molecule has 1 rings (SSSR count). The van der Waals surface area contributed by atoms with Crippen LogP contribution in [0.1, 0.15) is 45.1 Å². The molecule has 1 aromatic carbocycles. The van der Waals surface area contributed by atoms with E-state index in [2.05, 4.69) is 9.78 Å². The highest BCUT2D eigenvalue weighted by Crippen LogP contribution is 1.96. The minimum Gasteiger partial charge on any atom is -0.384 e. The molecule has 0 aliphatic heterocycles. The van der Waals surface area contributed by atoms with Gasteiger partial charge in [-0.3, -0.25) is 5.41 Å². The normalized spacial score (nSPS) is 9.05. The Morgan fingerprint density at radius 1 is 1.00 bits per heavy atom. The second kappa shape index (κ2) is 11.5. The Balaban J connectivity index is 0.000000394. The maximum Gasteiger partial charge on any atom is 0.355 e. The first-order valence-electron chi connectivity index (χ1n) is 6.80. The second-order valence-corrected chi connectivity index (χ2v) is 4.19. The molecule has 116 valence electrons. The highest BCUT2D eigenvalue weighted by molar-refractivity contribution is 5.94. The van der Waals surface area contributed by atoms with Gasteiger partial charge in [-0.1, -0.05) is 44.2 Å². The third kappa shape index (κ3) is 10.1. The van der Waals surface area contributed by atoms with E-state index in [4.69, 9.17) is 11.1 Å². The monoisotopic (exact) mass is 294 g/mol. The van der Waals surface area contributed by atoms with Crippen molar-refractivity contribution in [2.24, 2.45) is 5.73 Å². The first kappa shape index (κ1) is 18.6. The standard InChI is InChI=1S/C8H14O4.C7H8N2/c1-3-5-7(9)11-12-8(10)6-4-2;8-7(9)6-4-2-1-3-5-6/h3-6H2,1-2H3;1-5H,(H3,8,9). The Bertz CT molecular complexity index is 428. The first-order chi connectivity index (χ1) is 10.0. The molecule has 0 fully saturated rings. The number of amidine groups is 1. The number of benzene rings is 1. The summed E-state index contributed by atoms with van der Waals surface area (Å²) in [5, 5.41) is 7.01. The molecule has 6 nitrogen and oxygen atoms in total. The van der Waals surface area contributed by atoms with Gasteiger partial charge in [0.25, 0.3) is 0 Å². The van der Waals surface area contributed by atoms with Crippen LogP contribution >= 0.6 is 0 Å². The summed E-state index contributed by atoms with van der Waals surface area (Å²) in [5.41, 5.74) is 5.97. The summed E-state index contributed by atoms with van der Waals surface area (Å²) in [6, 6.07) is 9.23. The van der Waals surface area contributed by atoms with Gasteiger partial charge in [0.05, 0.1) is 0 Å². The molecule has 0 amide bonds. The van der Waals surface area contributed by atoms with E-state index in [1.54, 1.807) is 0 Å². The highest BCUT2D eigenvalue weighted by atomic mass is 17.2. The largest absolute Gasteiger partial charge is 0.384 e. The summed E-state index contributed by atoms with van der Waals surface area (Å²) in [6.45, 7) is 3.68. The fraction of sp³-hybridized carbons (Fsp3) is 0.400. The predicted molar refractivity (Wildman–Crippen MR) is 79.5 cm³/mol. The van der Waals surface area contributed by atoms with Crippen molar-refractivity contribution in [1.29, 1.82) is 5.41 Å². The number of nitrogens with two attached hydrogens (primary N) is 1. The van der Waals surface area contributed by atoms with Crippen molar-refractivity contribution in [3.63, 3.8) is 0 Å². The van der Waals surface area contributed by atoms with Crippen LogP contribution in [0, 0.1) is 5.41 Å². The number of hydrogen-bond acceptors (Lipinski definition) is 5. The van der Waals surface area contributed by atoms with Gasteiger partial charge in [0.1, 0.15) is 5.84 Å². The average molecular weight is 294 g/mol. The van der Waals surface area contributed by atoms with E-state index in [-0.39, 0.29) is 18.7 Å². The smallest absolute Gasteiger partial charge is 0.355 e. The summed E-state index contributed by atoms with van der Waals surface area (Å²) < 4.78 is 0. The van der Waals surface area contributed by atoms with Crippen LogP contribution in [0.5, 0.6) is 0 Å². The van der Waals surface area contributed by atoms with E-state index in [1.165, 1.54) is 0 Å². The van der Waals surface area contributed by atoms with Crippen molar-refractivity contribution in [2.45, 2.75) is 39.5 Å². The van der Waals surface area contributed by atoms with Gasteiger partial charge in [-0.15, -0.1) is 0 Å². The van der Waals surface area contributed by atoms with Crippen molar-refractivity contribution >= 4 is 17.8 Å². The molecule has 1 aromatic rings. The van der Waals surface area contributed by atoms with Crippen molar-refractivity contribution in [2.75, 3.05) is 0 Å². The molecule has 0 atom stereocenters. The lowest BCUT2D eigenvalue weighted by atomic mass is 10.2. The van der Waals surface area contributed by atoms with Crippen LogP contribution in [0.3, 0.4) is 0 Å². The number of hydrogen-bond donors (Lipinski definition) is 2. The van der Waals surface area contributed by atoms with E-state index < -0.39 is 11.9 Å². The molecule has 0 spiro atoms. The Hall–Kier alpha value is -2.37. The number of nitrogens with one attached hydrogen (secondary N) is 1. The average Bonchev–Trinajstić information content (AvgIpc) is 2.47. The maximum atomic E-state index is 10.7. The lowest BCUT2D eigenvalue weighted by Crippen LogP contribution is -2.10. The number of carbonyl (C=O) groups excluding carboxylic acids is 2. The molecule has 0 aliphatic carbocycles. The second-order valence-electron chi connectivity index (χ2n) is 4.19. The minimum absolute atomic E-state index is 0.121. The highest BCUT2D eigenvalue weighted by Gasteiger charge is 2.06. The van der Waals surface area contributed by atoms with Crippen molar-refractivity contribution in [3.8, 4) is 0 Å². The van der Waals surface area contributed by atoms with Crippen LogP contribution < -0.4 is 5.73 Å². The van der Waals surface area contributed by atoms with Crippen LogP contribution in [0.4, 0.5) is 0 Å². The van der Waals surface area contributed by atoms with Gasteiger partial charge in [0.2, 0.25) is 0 Å². The zero-order chi connectivity index (χ0) is 16.1. The quantitative estimate of drug-likeness (QED) is 0.376. The van der Waals surface area contributed by atoms with Crippen LogP contribution in [0.25, 0.3) is 0 Å². The third-order valence-electron chi connectivity index (χ3n) is 2.22. The van der Waals surface area contributed by atoms with Gasteiger partial charge in [-0.25, -0.2) is 19.4 Å². The third-order valence-corrected chi connectivity index (χ3v) is 2.22. The molecule has 0 heterocycles. The molecule has 21 heavy (non-hydrogen) atoms. The van der Waals surface area contributed by atoms with E-state index in [1.807, 2.05) is 44.2 Å². The minimum atomic E-state index is -0.498. The van der Waals surface area contributed by atoms with Gasteiger partial charge in [0, 0.05) is 18.4 Å². The van der Waals surface area contributed by atoms with Crippen molar-refractivity contribution < 1.29 is 19.4 Å². The molecule has 3 N–H and O–H groups in total. The van der Waals surface area contributed by atoms with Crippen molar-refractivity contribution in [3.05, 3.63) is 35.9 Å². The number of nitrogen functional groups attached to an aromatic ring is 1. The Morgan fingerprint density at radius 3 is 1.71 bits per heavy atom. The fourth-order valence-corrected chi connectivity index (χ4v) is 1.20. The zero-order valence-corrected chi connectivity index (χ0v) is 12.4. The van der Waals surface area contributed by atoms with E-state index >= 15 is 0 Å². The molecular weight excluding hydrogens is 272 g/mol. The van der Waals surface area contributed by atoms with Crippen LogP contribution in [0.15, 0.2) is 30.3 Å². The van der Waals surface area contributed by atoms with Crippen molar-refractivity contribution in [1.82, 2.24) is 0 Å². The van der Waals surface area contributed by atoms with Gasteiger partial charge in [-0.2, -0.15) is 0 Å². The van der Waals surface area contributed by atoms with Crippen LogP contribution in [-0.2, 0) is 19.4 Å². The molecule has 0 radical (unpaired) electrons. The summed E-state index contributed by atoms with van der Waals surface area (Å²) >= 11 is 0. The Labute approximate surface area is 124 Å². The van der Waals surface area contributed by atoms with Gasteiger partial charge in [-0.05, 0) is 12.8 Å². The molecule has 0 aliphatic rings. The van der Waals surface area contributed by atoms with Crippen LogP contribution in [-0.4, -0.2) is 17.8 Å². The summed E-state index contributed by atoms with van der Waals surface area (Å²) in [7, 11) is 0.